The zero-order valence-electron chi connectivity index (χ0n) is 13.8. The highest BCUT2D eigenvalue weighted by Gasteiger charge is 2.34. The van der Waals surface area contributed by atoms with E-state index in [4.69, 9.17) is 0 Å². The van der Waals surface area contributed by atoms with Crippen molar-refractivity contribution in [2.75, 3.05) is 12.3 Å². The molecule has 2 heterocycles. The smallest absolute Gasteiger partial charge is 0.230 e. The van der Waals surface area contributed by atoms with E-state index in [2.05, 4.69) is 52.1 Å². The number of rotatable bonds is 5. The summed E-state index contributed by atoms with van der Waals surface area (Å²) < 4.78 is 2.17. The van der Waals surface area contributed by atoms with Gasteiger partial charge >= 0.3 is 0 Å². The predicted molar refractivity (Wildman–Crippen MR) is 92.5 cm³/mol. The molecule has 6 heteroatoms. The van der Waals surface area contributed by atoms with Crippen molar-refractivity contribution in [2.45, 2.75) is 44.3 Å². The maximum Gasteiger partial charge on any atom is 0.230 e. The van der Waals surface area contributed by atoms with Crippen LogP contribution in [0.2, 0.25) is 0 Å². The fraction of sp³-hybridized carbons (Fsp3) is 0.471. The molecule has 122 valence electrons. The van der Waals surface area contributed by atoms with E-state index in [0.717, 1.165) is 35.9 Å². The molecule has 1 aliphatic heterocycles. The van der Waals surface area contributed by atoms with Gasteiger partial charge in [0.15, 0.2) is 11.0 Å². The van der Waals surface area contributed by atoms with E-state index in [1.165, 1.54) is 17.3 Å². The molecule has 1 aromatic carbocycles. The van der Waals surface area contributed by atoms with Crippen LogP contribution in [-0.4, -0.2) is 33.0 Å². The number of aromatic nitrogens is 3. The molecule has 0 saturated carbocycles. The maximum absolute atomic E-state index is 11.8. The molecule has 0 fully saturated rings. The maximum atomic E-state index is 11.8. The summed E-state index contributed by atoms with van der Waals surface area (Å²) in [5.41, 5.74) is 2.34. The Morgan fingerprint density at radius 2 is 2.13 bits per heavy atom. The van der Waals surface area contributed by atoms with E-state index in [0.29, 0.717) is 5.75 Å². The van der Waals surface area contributed by atoms with Gasteiger partial charge in [-0.25, -0.2) is 0 Å². The summed E-state index contributed by atoms with van der Waals surface area (Å²) in [7, 11) is 0. The van der Waals surface area contributed by atoms with Crippen molar-refractivity contribution >= 4 is 17.7 Å². The minimum absolute atomic E-state index is 0.0446. The molecule has 0 saturated heterocycles. The van der Waals surface area contributed by atoms with Crippen LogP contribution in [0.15, 0.2) is 29.4 Å². The minimum atomic E-state index is -0.102. The van der Waals surface area contributed by atoms with Crippen LogP contribution < -0.4 is 5.32 Å². The van der Waals surface area contributed by atoms with E-state index in [9.17, 15) is 4.79 Å². The van der Waals surface area contributed by atoms with Crippen LogP contribution in [0, 0.1) is 0 Å². The number of hydrogen-bond donors (Lipinski definition) is 1. The number of carbonyl (C=O) groups is 1. The molecular weight excluding hydrogens is 308 g/mol. The molecule has 1 amide bonds. The van der Waals surface area contributed by atoms with Crippen molar-refractivity contribution in [1.82, 2.24) is 20.1 Å². The van der Waals surface area contributed by atoms with Gasteiger partial charge in [-0.2, -0.15) is 0 Å². The molecule has 0 bridgehead atoms. The molecule has 1 N–H and O–H groups in total. The summed E-state index contributed by atoms with van der Waals surface area (Å²) in [5.74, 6) is 1.31. The summed E-state index contributed by atoms with van der Waals surface area (Å²) in [5, 5.41) is 12.4. The molecule has 0 unspecified atom stereocenters. The lowest BCUT2D eigenvalue weighted by atomic mass is 9.87. The van der Waals surface area contributed by atoms with Gasteiger partial charge in [0.25, 0.3) is 0 Å². The first-order valence-corrected chi connectivity index (χ1v) is 8.95. The third-order valence-corrected chi connectivity index (χ3v) is 4.95. The summed E-state index contributed by atoms with van der Waals surface area (Å²) in [6.07, 6.45) is 1.88. The number of fused-ring (bicyclic) bond motifs is 3. The van der Waals surface area contributed by atoms with E-state index < -0.39 is 0 Å². The van der Waals surface area contributed by atoms with Gasteiger partial charge in [0.1, 0.15) is 0 Å². The molecule has 2 aromatic rings. The first-order chi connectivity index (χ1) is 11.0. The van der Waals surface area contributed by atoms with Gasteiger partial charge in [0.05, 0.1) is 5.75 Å². The highest BCUT2D eigenvalue weighted by molar-refractivity contribution is 7.99. The van der Waals surface area contributed by atoms with Crippen molar-refractivity contribution in [1.29, 1.82) is 0 Å². The number of nitrogens with one attached hydrogen (secondary N) is 1. The Morgan fingerprint density at radius 1 is 1.35 bits per heavy atom. The molecule has 0 aliphatic carbocycles. The third kappa shape index (κ3) is 3.13. The van der Waals surface area contributed by atoms with Gasteiger partial charge in [0.2, 0.25) is 5.91 Å². The SMILES string of the molecule is CCCNC(=O)CSc1nnc2n1C(C)(C)Cc1ccccc1-2. The van der Waals surface area contributed by atoms with Crippen molar-refractivity contribution in [3.05, 3.63) is 29.8 Å². The molecule has 3 rings (SSSR count). The molecule has 0 spiro atoms. The second kappa shape index (κ2) is 6.35. The van der Waals surface area contributed by atoms with Crippen molar-refractivity contribution in [3.63, 3.8) is 0 Å². The summed E-state index contributed by atoms with van der Waals surface area (Å²) in [6, 6.07) is 8.34. The Kier molecular flexibility index (Phi) is 4.43. The van der Waals surface area contributed by atoms with E-state index in [-0.39, 0.29) is 11.4 Å². The Hall–Kier alpha value is -1.82. The second-order valence-electron chi connectivity index (χ2n) is 6.43. The van der Waals surface area contributed by atoms with Crippen molar-refractivity contribution in [2.24, 2.45) is 0 Å². The Labute approximate surface area is 140 Å². The molecule has 1 aromatic heterocycles. The third-order valence-electron chi connectivity index (χ3n) is 4.02. The number of hydrogen-bond acceptors (Lipinski definition) is 4. The van der Waals surface area contributed by atoms with Crippen molar-refractivity contribution < 1.29 is 4.79 Å². The topological polar surface area (TPSA) is 59.8 Å². The fourth-order valence-electron chi connectivity index (χ4n) is 2.97. The van der Waals surface area contributed by atoms with Crippen LogP contribution in [0.4, 0.5) is 0 Å². The number of carbonyl (C=O) groups excluding carboxylic acids is 1. The van der Waals surface area contributed by atoms with Gasteiger partial charge in [0, 0.05) is 17.6 Å². The van der Waals surface area contributed by atoms with Crippen molar-refractivity contribution in [3.8, 4) is 11.4 Å². The standard InChI is InChI=1S/C17H22N4OS/c1-4-9-18-14(22)11-23-16-20-19-15-13-8-6-5-7-12(13)10-17(2,3)21(15)16/h5-8H,4,9-11H2,1-3H3,(H,18,22). The molecule has 1 aliphatic rings. The summed E-state index contributed by atoms with van der Waals surface area (Å²) >= 11 is 1.45. The van der Waals surface area contributed by atoms with Crippen LogP contribution in [0.1, 0.15) is 32.8 Å². The second-order valence-corrected chi connectivity index (χ2v) is 7.37. The highest BCUT2D eigenvalue weighted by Crippen LogP contribution is 2.39. The average Bonchev–Trinajstić information content (AvgIpc) is 2.96. The molecule has 0 atom stereocenters. The lowest BCUT2D eigenvalue weighted by Crippen LogP contribution is -2.34. The highest BCUT2D eigenvalue weighted by atomic mass is 32.2. The fourth-order valence-corrected chi connectivity index (χ4v) is 3.89. The van der Waals surface area contributed by atoms with E-state index in [1.807, 2.05) is 13.0 Å². The summed E-state index contributed by atoms with van der Waals surface area (Å²) in [4.78, 5) is 11.8. The predicted octanol–water partition coefficient (Wildman–Crippen LogP) is 2.85. The lowest BCUT2D eigenvalue weighted by Gasteiger charge is -2.34. The molecular formula is C17H22N4OS. The van der Waals surface area contributed by atoms with E-state index >= 15 is 0 Å². The van der Waals surface area contributed by atoms with Crippen LogP contribution in [-0.2, 0) is 16.8 Å². The Bertz CT molecular complexity index is 723. The van der Waals surface area contributed by atoms with Crippen LogP contribution in [0.5, 0.6) is 0 Å². The Morgan fingerprint density at radius 3 is 2.91 bits per heavy atom. The van der Waals surface area contributed by atoms with Crippen LogP contribution >= 0.6 is 11.8 Å². The lowest BCUT2D eigenvalue weighted by molar-refractivity contribution is -0.118. The zero-order chi connectivity index (χ0) is 16.4. The number of benzene rings is 1. The van der Waals surface area contributed by atoms with Gasteiger partial charge in [-0.05, 0) is 32.3 Å². The largest absolute Gasteiger partial charge is 0.355 e. The monoisotopic (exact) mass is 330 g/mol. The van der Waals surface area contributed by atoms with E-state index in [1.54, 1.807) is 0 Å². The van der Waals surface area contributed by atoms with Gasteiger partial charge < -0.3 is 5.32 Å². The first-order valence-electron chi connectivity index (χ1n) is 7.96. The zero-order valence-corrected chi connectivity index (χ0v) is 14.6. The van der Waals surface area contributed by atoms with Crippen LogP contribution in [0.3, 0.4) is 0 Å². The number of thioether (sulfide) groups is 1. The molecule has 23 heavy (non-hydrogen) atoms. The quantitative estimate of drug-likeness (QED) is 0.857. The molecule has 0 radical (unpaired) electrons. The normalized spacial score (nSPS) is 14.9. The van der Waals surface area contributed by atoms with Crippen LogP contribution in [0.25, 0.3) is 11.4 Å². The van der Waals surface area contributed by atoms with Gasteiger partial charge in [-0.1, -0.05) is 43.0 Å². The summed E-state index contributed by atoms with van der Waals surface area (Å²) in [6.45, 7) is 7.15. The number of amides is 1. The first kappa shape index (κ1) is 16.1. The van der Waals surface area contributed by atoms with Gasteiger partial charge in [-0.15, -0.1) is 10.2 Å². The minimum Gasteiger partial charge on any atom is -0.355 e. The molecule has 5 nitrogen and oxygen atoms in total. The average molecular weight is 330 g/mol. The van der Waals surface area contributed by atoms with Gasteiger partial charge in [-0.3, -0.25) is 9.36 Å². The number of nitrogens with zero attached hydrogens (tertiary/aromatic N) is 3. The Balaban J connectivity index is 1.86.